The monoisotopic (exact) mass is 309 g/mol. The molecule has 0 atom stereocenters. The number of hydrogen-bond acceptors (Lipinski definition) is 1. The van der Waals surface area contributed by atoms with Crippen LogP contribution in [0.1, 0.15) is 81.8 Å². The maximum atomic E-state index is 8.51. The zero-order valence-electron chi connectivity index (χ0n) is 14.6. The van der Waals surface area contributed by atoms with Crippen LogP contribution in [0.25, 0.3) is 0 Å². The van der Waals surface area contributed by atoms with Gasteiger partial charge in [-0.25, -0.2) is 0 Å². The first kappa shape index (κ1) is 17.8. The van der Waals surface area contributed by atoms with Gasteiger partial charge in [-0.2, -0.15) is 5.26 Å². The molecular formula is C22H31N. The Morgan fingerprint density at radius 1 is 1.09 bits per heavy atom. The van der Waals surface area contributed by atoms with Crippen molar-refractivity contribution in [1.29, 1.82) is 5.26 Å². The predicted molar refractivity (Wildman–Crippen MR) is 98.4 cm³/mol. The van der Waals surface area contributed by atoms with E-state index in [9.17, 15) is 0 Å². The average molecular weight is 309 g/mol. The van der Waals surface area contributed by atoms with Gasteiger partial charge in [0, 0.05) is 6.08 Å². The van der Waals surface area contributed by atoms with Crippen LogP contribution < -0.4 is 0 Å². The molecule has 1 aromatic rings. The van der Waals surface area contributed by atoms with Crippen molar-refractivity contribution in [2.45, 2.75) is 77.0 Å². The SMILES string of the molecule is CCCCCc1ccc(C2CCC(CCC=CC#N)CC2)cc1. The van der Waals surface area contributed by atoms with Crippen LogP contribution >= 0.6 is 0 Å². The minimum atomic E-state index is 0.769. The Labute approximate surface area is 142 Å². The zero-order valence-corrected chi connectivity index (χ0v) is 14.6. The quantitative estimate of drug-likeness (QED) is 0.394. The minimum absolute atomic E-state index is 0.769. The lowest BCUT2D eigenvalue weighted by Crippen LogP contribution is -2.13. The number of benzene rings is 1. The highest BCUT2D eigenvalue weighted by Gasteiger charge is 2.21. The number of unbranched alkanes of at least 4 members (excludes halogenated alkanes) is 2. The number of hydrogen-bond donors (Lipinski definition) is 0. The normalized spacial score (nSPS) is 21.4. The molecule has 1 heteroatoms. The van der Waals surface area contributed by atoms with Crippen LogP contribution in [-0.4, -0.2) is 0 Å². The molecule has 1 saturated carbocycles. The van der Waals surface area contributed by atoms with Gasteiger partial charge in [-0.1, -0.05) is 50.1 Å². The molecule has 0 amide bonds. The van der Waals surface area contributed by atoms with Gasteiger partial charge >= 0.3 is 0 Å². The van der Waals surface area contributed by atoms with Crippen LogP contribution in [0.2, 0.25) is 0 Å². The highest BCUT2D eigenvalue weighted by atomic mass is 14.3. The first-order valence-corrected chi connectivity index (χ1v) is 9.47. The largest absolute Gasteiger partial charge is 0.193 e. The summed E-state index contributed by atoms with van der Waals surface area (Å²) in [6.07, 6.45) is 16.5. The van der Waals surface area contributed by atoms with Crippen LogP contribution in [0.4, 0.5) is 0 Å². The highest BCUT2D eigenvalue weighted by molar-refractivity contribution is 5.26. The standard InChI is InChI=1S/C22H31N/c1-2-3-5-8-19-10-14-21(15-11-19)22-16-12-20(13-17-22)9-6-4-7-18-23/h4,7,10-11,14-15,20,22H,2-3,5-6,8-9,12-13,16-17H2,1H3. The summed E-state index contributed by atoms with van der Waals surface area (Å²) >= 11 is 0. The van der Waals surface area contributed by atoms with E-state index in [0.717, 1.165) is 18.3 Å². The van der Waals surface area contributed by atoms with Crippen molar-refractivity contribution in [3.8, 4) is 6.07 Å². The van der Waals surface area contributed by atoms with E-state index >= 15 is 0 Å². The fourth-order valence-corrected chi connectivity index (χ4v) is 3.79. The van der Waals surface area contributed by atoms with Crippen LogP contribution in [0.15, 0.2) is 36.4 Å². The van der Waals surface area contributed by atoms with Gasteiger partial charge in [0.2, 0.25) is 0 Å². The summed E-state index contributed by atoms with van der Waals surface area (Å²) in [6, 6.07) is 11.5. The Morgan fingerprint density at radius 2 is 1.83 bits per heavy atom. The van der Waals surface area contributed by atoms with Crippen LogP contribution in [-0.2, 0) is 6.42 Å². The molecule has 0 aliphatic heterocycles. The number of nitrogens with zero attached hydrogens (tertiary/aromatic N) is 1. The van der Waals surface area contributed by atoms with Gasteiger partial charge in [0.1, 0.15) is 0 Å². The maximum Gasteiger partial charge on any atom is 0.0908 e. The summed E-state index contributed by atoms with van der Waals surface area (Å²) in [5, 5.41) is 8.51. The Balaban J connectivity index is 1.74. The molecule has 0 unspecified atom stereocenters. The molecule has 0 aromatic heterocycles. The smallest absolute Gasteiger partial charge is 0.0908 e. The van der Waals surface area contributed by atoms with Crippen molar-refractivity contribution in [3.63, 3.8) is 0 Å². The van der Waals surface area contributed by atoms with Crippen LogP contribution in [0.3, 0.4) is 0 Å². The molecule has 0 spiro atoms. The second kappa shape index (κ2) is 10.3. The van der Waals surface area contributed by atoms with Gasteiger partial charge in [-0.15, -0.1) is 0 Å². The fourth-order valence-electron chi connectivity index (χ4n) is 3.79. The Hall–Kier alpha value is -1.55. The summed E-state index contributed by atoms with van der Waals surface area (Å²) in [5.74, 6) is 1.63. The zero-order chi connectivity index (χ0) is 16.3. The molecule has 1 nitrogen and oxygen atoms in total. The molecule has 1 aliphatic rings. The molecule has 1 aromatic carbocycles. The van der Waals surface area contributed by atoms with E-state index in [1.807, 2.05) is 6.08 Å². The summed E-state index contributed by atoms with van der Waals surface area (Å²) in [6.45, 7) is 2.26. The third-order valence-corrected chi connectivity index (χ3v) is 5.30. The Bertz CT molecular complexity index is 498. The second-order valence-electron chi connectivity index (χ2n) is 7.03. The third-order valence-electron chi connectivity index (χ3n) is 5.30. The van der Waals surface area contributed by atoms with Crippen molar-refractivity contribution < 1.29 is 0 Å². The number of rotatable bonds is 8. The topological polar surface area (TPSA) is 23.8 Å². The van der Waals surface area contributed by atoms with E-state index in [-0.39, 0.29) is 0 Å². The molecule has 124 valence electrons. The molecule has 0 radical (unpaired) electrons. The van der Waals surface area contributed by atoms with Crippen LogP contribution in [0.5, 0.6) is 0 Å². The minimum Gasteiger partial charge on any atom is -0.193 e. The van der Waals surface area contributed by atoms with E-state index in [4.69, 9.17) is 5.26 Å². The lowest BCUT2D eigenvalue weighted by atomic mass is 9.77. The van der Waals surface area contributed by atoms with Crippen molar-refractivity contribution in [2.24, 2.45) is 5.92 Å². The van der Waals surface area contributed by atoms with E-state index in [1.54, 1.807) is 11.6 Å². The average Bonchev–Trinajstić information content (AvgIpc) is 2.60. The van der Waals surface area contributed by atoms with E-state index < -0.39 is 0 Å². The summed E-state index contributed by atoms with van der Waals surface area (Å²) in [5.41, 5.74) is 3.05. The van der Waals surface area contributed by atoms with E-state index in [1.165, 1.54) is 63.4 Å². The molecule has 1 fully saturated rings. The van der Waals surface area contributed by atoms with E-state index in [0.29, 0.717) is 0 Å². The van der Waals surface area contributed by atoms with Gasteiger partial charge in [-0.05, 0) is 74.3 Å². The fraction of sp³-hybridized carbons (Fsp3) is 0.591. The number of nitriles is 1. The summed E-state index contributed by atoms with van der Waals surface area (Å²) < 4.78 is 0. The Kier molecular flexibility index (Phi) is 7.95. The van der Waals surface area contributed by atoms with E-state index in [2.05, 4.69) is 37.3 Å². The van der Waals surface area contributed by atoms with Gasteiger partial charge in [0.15, 0.2) is 0 Å². The first-order valence-electron chi connectivity index (χ1n) is 9.47. The number of allylic oxidation sites excluding steroid dienone is 2. The van der Waals surface area contributed by atoms with Crippen LogP contribution in [0, 0.1) is 17.2 Å². The molecular weight excluding hydrogens is 278 g/mol. The molecule has 1 aliphatic carbocycles. The first-order chi connectivity index (χ1) is 11.3. The summed E-state index contributed by atoms with van der Waals surface area (Å²) in [4.78, 5) is 0. The lowest BCUT2D eigenvalue weighted by molar-refractivity contribution is 0.312. The second-order valence-corrected chi connectivity index (χ2v) is 7.03. The maximum absolute atomic E-state index is 8.51. The molecule has 0 heterocycles. The highest BCUT2D eigenvalue weighted by Crippen LogP contribution is 2.37. The van der Waals surface area contributed by atoms with Crippen molar-refractivity contribution in [1.82, 2.24) is 0 Å². The number of aryl methyl sites for hydroxylation is 1. The summed E-state index contributed by atoms with van der Waals surface area (Å²) in [7, 11) is 0. The van der Waals surface area contributed by atoms with Gasteiger partial charge in [-0.3, -0.25) is 0 Å². The van der Waals surface area contributed by atoms with Crippen molar-refractivity contribution >= 4 is 0 Å². The lowest BCUT2D eigenvalue weighted by Gasteiger charge is -2.28. The molecule has 0 saturated heterocycles. The molecule has 23 heavy (non-hydrogen) atoms. The van der Waals surface area contributed by atoms with Gasteiger partial charge in [0.05, 0.1) is 6.07 Å². The van der Waals surface area contributed by atoms with Crippen molar-refractivity contribution in [2.75, 3.05) is 0 Å². The molecule has 2 rings (SSSR count). The molecule has 0 N–H and O–H groups in total. The Morgan fingerprint density at radius 3 is 2.48 bits per heavy atom. The molecule has 0 bridgehead atoms. The van der Waals surface area contributed by atoms with Crippen molar-refractivity contribution in [3.05, 3.63) is 47.5 Å². The predicted octanol–water partition coefficient (Wildman–Crippen LogP) is 6.55. The van der Waals surface area contributed by atoms with Gasteiger partial charge in [0.25, 0.3) is 0 Å². The van der Waals surface area contributed by atoms with Gasteiger partial charge < -0.3 is 0 Å². The third kappa shape index (κ3) is 6.22.